The minimum atomic E-state index is -0.000141. The molecule has 1 aromatic heterocycles. The van der Waals surface area contributed by atoms with Crippen LogP contribution in [-0.2, 0) is 6.54 Å². The number of allylic oxidation sites excluding steroid dienone is 5. The predicted molar refractivity (Wildman–Crippen MR) is 71.5 cm³/mol. The van der Waals surface area contributed by atoms with Crippen LogP contribution in [0.5, 0.6) is 0 Å². The fourth-order valence-corrected chi connectivity index (χ4v) is 1.39. The van der Waals surface area contributed by atoms with Crippen molar-refractivity contribution < 1.29 is 0 Å². The molecular weight excluding hydrogens is 230 g/mol. The van der Waals surface area contributed by atoms with E-state index >= 15 is 0 Å². The van der Waals surface area contributed by atoms with Crippen LogP contribution < -0.4 is 0 Å². The van der Waals surface area contributed by atoms with E-state index in [2.05, 4.69) is 21.9 Å². The molecule has 0 atom stereocenters. The number of hydrogen-bond acceptors (Lipinski definition) is 5. The molecule has 0 unspecified atom stereocenters. The Hall–Kier alpha value is -2.43. The van der Waals surface area contributed by atoms with Gasteiger partial charge in [0.1, 0.15) is 6.54 Å². The largest absolute Gasteiger partial charge is 0.251 e. The fourth-order valence-electron chi connectivity index (χ4n) is 1.39. The first kappa shape index (κ1) is 13.6. The maximum atomic E-state index is 10.6. The monoisotopic (exact) mass is 243 g/mol. The molecule has 0 saturated carbocycles. The van der Waals surface area contributed by atoms with E-state index in [0.29, 0.717) is 22.7 Å². The Morgan fingerprint density at radius 3 is 2.83 bits per heavy atom. The highest BCUT2D eigenvalue weighted by Gasteiger charge is 2.06. The molecule has 0 spiro atoms. The van der Waals surface area contributed by atoms with E-state index in [1.807, 2.05) is 0 Å². The van der Waals surface area contributed by atoms with Crippen molar-refractivity contribution >= 4 is 5.57 Å². The van der Waals surface area contributed by atoms with Crippen LogP contribution >= 0.6 is 0 Å². The Kier molecular flexibility index (Phi) is 5.31. The van der Waals surface area contributed by atoms with Gasteiger partial charge >= 0.3 is 0 Å². The molecule has 0 fully saturated rings. The van der Waals surface area contributed by atoms with Gasteiger partial charge in [0.05, 0.1) is 17.1 Å². The molecule has 1 rings (SSSR count). The zero-order valence-electron chi connectivity index (χ0n) is 10.0. The number of rotatable bonds is 6. The molecule has 18 heavy (non-hydrogen) atoms. The van der Waals surface area contributed by atoms with Gasteiger partial charge in [0.25, 0.3) is 0 Å². The van der Waals surface area contributed by atoms with Crippen LogP contribution in [0, 0.1) is 9.81 Å². The molecule has 92 valence electrons. The standard InChI is InChI=1S/C13H13N3O2/c1-3-4-7-12(10(2)16-18)13-8-5-6-11(15-13)9-14-17/h3-8H,1,9H2,2H3/b7-4-,12-10-. The topological polar surface area (TPSA) is 71.8 Å². The minimum absolute atomic E-state index is 0.000141. The summed E-state index contributed by atoms with van der Waals surface area (Å²) >= 11 is 0. The van der Waals surface area contributed by atoms with Crippen LogP contribution in [0.3, 0.4) is 0 Å². The van der Waals surface area contributed by atoms with Crippen LogP contribution in [-0.4, -0.2) is 4.98 Å². The van der Waals surface area contributed by atoms with E-state index in [-0.39, 0.29) is 6.54 Å². The summed E-state index contributed by atoms with van der Waals surface area (Å²) in [6.07, 6.45) is 4.98. The summed E-state index contributed by atoms with van der Waals surface area (Å²) < 4.78 is 0. The van der Waals surface area contributed by atoms with Crippen molar-refractivity contribution in [3.8, 4) is 0 Å². The molecule has 0 aliphatic carbocycles. The Morgan fingerprint density at radius 1 is 1.44 bits per heavy atom. The lowest BCUT2D eigenvalue weighted by atomic mass is 10.1. The van der Waals surface area contributed by atoms with E-state index in [1.54, 1.807) is 43.4 Å². The zero-order valence-corrected chi connectivity index (χ0v) is 10.0. The number of nitrogens with zero attached hydrogens (tertiary/aromatic N) is 3. The predicted octanol–water partition coefficient (Wildman–Crippen LogP) is 3.59. The Balaban J connectivity index is 3.25. The molecule has 0 aliphatic heterocycles. The molecule has 1 aromatic rings. The lowest BCUT2D eigenvalue weighted by Crippen LogP contribution is -1.94. The summed E-state index contributed by atoms with van der Waals surface area (Å²) in [4.78, 5) is 25.1. The third-order valence-corrected chi connectivity index (χ3v) is 2.23. The first-order valence-electron chi connectivity index (χ1n) is 5.31. The molecule has 0 amide bonds. The van der Waals surface area contributed by atoms with Crippen molar-refractivity contribution in [1.29, 1.82) is 0 Å². The number of nitroso groups, excluding NO2 is 2. The van der Waals surface area contributed by atoms with Gasteiger partial charge in [-0.2, -0.15) is 4.91 Å². The molecule has 5 heteroatoms. The maximum Gasteiger partial charge on any atom is 0.123 e. The van der Waals surface area contributed by atoms with Crippen LogP contribution in [0.1, 0.15) is 18.3 Å². The fraction of sp³-hybridized carbons (Fsp3) is 0.154. The Labute approximate surface area is 105 Å². The van der Waals surface area contributed by atoms with Gasteiger partial charge in [0, 0.05) is 5.57 Å². The quantitative estimate of drug-likeness (QED) is 0.566. The van der Waals surface area contributed by atoms with Gasteiger partial charge in [-0.1, -0.05) is 36.1 Å². The van der Waals surface area contributed by atoms with E-state index in [1.165, 1.54) is 0 Å². The Bertz CT molecular complexity index is 519. The smallest absolute Gasteiger partial charge is 0.123 e. The zero-order chi connectivity index (χ0) is 13.4. The summed E-state index contributed by atoms with van der Waals surface area (Å²) in [6, 6.07) is 5.19. The van der Waals surface area contributed by atoms with Gasteiger partial charge in [-0.15, -0.1) is 4.91 Å². The molecular formula is C13H13N3O2. The Morgan fingerprint density at radius 2 is 2.22 bits per heavy atom. The van der Waals surface area contributed by atoms with Crippen molar-refractivity contribution in [2.75, 3.05) is 0 Å². The summed E-state index contributed by atoms with van der Waals surface area (Å²) in [5.41, 5.74) is 2.03. The van der Waals surface area contributed by atoms with E-state index in [4.69, 9.17) is 0 Å². The van der Waals surface area contributed by atoms with Gasteiger partial charge in [-0.25, -0.2) is 0 Å². The van der Waals surface area contributed by atoms with E-state index in [9.17, 15) is 9.81 Å². The minimum Gasteiger partial charge on any atom is -0.251 e. The van der Waals surface area contributed by atoms with Gasteiger partial charge < -0.3 is 0 Å². The van der Waals surface area contributed by atoms with Gasteiger partial charge in [0.2, 0.25) is 0 Å². The van der Waals surface area contributed by atoms with Crippen molar-refractivity contribution in [2.24, 2.45) is 10.4 Å². The number of aromatic nitrogens is 1. The van der Waals surface area contributed by atoms with Crippen LogP contribution in [0.15, 0.2) is 59.1 Å². The summed E-state index contributed by atoms with van der Waals surface area (Å²) in [5.74, 6) is 0. The van der Waals surface area contributed by atoms with Crippen molar-refractivity contribution in [2.45, 2.75) is 13.5 Å². The lowest BCUT2D eigenvalue weighted by molar-refractivity contribution is 0.973. The average molecular weight is 243 g/mol. The van der Waals surface area contributed by atoms with E-state index in [0.717, 1.165) is 0 Å². The normalized spacial score (nSPS) is 12.1. The molecule has 0 bridgehead atoms. The van der Waals surface area contributed by atoms with Crippen LogP contribution in [0.4, 0.5) is 0 Å². The maximum absolute atomic E-state index is 10.6. The molecule has 5 nitrogen and oxygen atoms in total. The second-order valence-electron chi connectivity index (χ2n) is 3.49. The highest BCUT2D eigenvalue weighted by atomic mass is 16.3. The highest BCUT2D eigenvalue weighted by molar-refractivity contribution is 5.74. The first-order valence-corrected chi connectivity index (χ1v) is 5.31. The van der Waals surface area contributed by atoms with Crippen LogP contribution in [0.25, 0.3) is 5.57 Å². The molecule has 0 radical (unpaired) electrons. The van der Waals surface area contributed by atoms with Gasteiger partial charge in [-0.05, 0) is 24.2 Å². The van der Waals surface area contributed by atoms with Gasteiger partial charge in [0.15, 0.2) is 0 Å². The second kappa shape index (κ2) is 7.01. The first-order chi connectivity index (χ1) is 8.72. The third-order valence-electron chi connectivity index (χ3n) is 2.23. The lowest BCUT2D eigenvalue weighted by Gasteiger charge is -2.04. The highest BCUT2D eigenvalue weighted by Crippen LogP contribution is 2.19. The van der Waals surface area contributed by atoms with Gasteiger partial charge in [-0.3, -0.25) is 4.98 Å². The van der Waals surface area contributed by atoms with Crippen molar-refractivity contribution in [3.05, 3.63) is 69.9 Å². The number of pyridine rings is 1. The molecule has 0 aliphatic rings. The molecule has 0 N–H and O–H groups in total. The van der Waals surface area contributed by atoms with Crippen molar-refractivity contribution in [1.82, 2.24) is 4.98 Å². The average Bonchev–Trinajstić information content (AvgIpc) is 2.39. The third kappa shape index (κ3) is 3.55. The van der Waals surface area contributed by atoms with Crippen molar-refractivity contribution in [3.63, 3.8) is 0 Å². The molecule has 0 aromatic carbocycles. The van der Waals surface area contributed by atoms with Crippen LogP contribution in [0.2, 0.25) is 0 Å². The second-order valence-corrected chi connectivity index (χ2v) is 3.49. The summed E-state index contributed by atoms with van der Waals surface area (Å²) in [6.45, 7) is 5.16. The summed E-state index contributed by atoms with van der Waals surface area (Å²) in [5, 5.41) is 5.70. The molecule has 0 saturated heterocycles. The number of hydrogen-bond donors (Lipinski definition) is 0. The molecule has 1 heterocycles. The summed E-state index contributed by atoms with van der Waals surface area (Å²) in [7, 11) is 0. The van der Waals surface area contributed by atoms with E-state index < -0.39 is 0 Å². The SMILES string of the molecule is C=C/C=C\C(=C(/C)N=O)c1cccc(CN=O)n1.